The normalized spacial score (nSPS) is 19.6. The molecule has 1 saturated heterocycles. The highest BCUT2D eigenvalue weighted by atomic mass is 16.3. The molecule has 1 aromatic rings. The number of pyridine rings is 1. The van der Waals surface area contributed by atoms with E-state index >= 15 is 0 Å². The molecule has 0 saturated carbocycles. The smallest absolute Gasteiger partial charge is 0.228 e. The number of hydrogen-bond acceptors (Lipinski definition) is 4. The summed E-state index contributed by atoms with van der Waals surface area (Å²) in [4.78, 5) is 19.0. The molecule has 0 spiro atoms. The maximum atomic E-state index is 12.3. The minimum Gasteiger partial charge on any atom is -0.396 e. The van der Waals surface area contributed by atoms with Crippen LogP contribution in [0.3, 0.4) is 0 Å². The lowest BCUT2D eigenvalue weighted by Crippen LogP contribution is -2.36. The SMILES string of the molecule is O=C(Nc1cccnc1N1CCC(CO)CC1)C1CC=CC1. The molecule has 1 aromatic heterocycles. The van der Waals surface area contributed by atoms with Crippen molar-refractivity contribution in [1.29, 1.82) is 0 Å². The second-order valence-electron chi connectivity index (χ2n) is 6.12. The predicted octanol–water partition coefficient (Wildman–Crippen LogP) is 2.20. The zero-order valence-corrected chi connectivity index (χ0v) is 12.7. The zero-order valence-electron chi connectivity index (χ0n) is 12.7. The third-order valence-electron chi connectivity index (χ3n) is 4.60. The fraction of sp³-hybridized carbons (Fsp3) is 0.529. The van der Waals surface area contributed by atoms with Gasteiger partial charge < -0.3 is 15.3 Å². The standard InChI is InChI=1S/C17H23N3O2/c21-12-13-7-10-20(11-8-13)16-15(6-3-9-18-16)19-17(22)14-4-1-2-5-14/h1-3,6,9,13-14,21H,4-5,7-8,10-12H2,(H,19,22). The van der Waals surface area contributed by atoms with Gasteiger partial charge in [0.1, 0.15) is 0 Å². The molecule has 0 radical (unpaired) electrons. The minimum absolute atomic E-state index is 0.0492. The molecule has 0 unspecified atom stereocenters. The van der Waals surface area contributed by atoms with E-state index in [1.165, 1.54) is 0 Å². The quantitative estimate of drug-likeness (QED) is 0.837. The Labute approximate surface area is 131 Å². The average molecular weight is 301 g/mol. The van der Waals surface area contributed by atoms with Crippen LogP contribution in [0.15, 0.2) is 30.5 Å². The van der Waals surface area contributed by atoms with Crippen LogP contribution in [0.1, 0.15) is 25.7 Å². The Morgan fingerprint density at radius 1 is 1.32 bits per heavy atom. The van der Waals surface area contributed by atoms with Crippen LogP contribution in [-0.2, 0) is 4.79 Å². The summed E-state index contributed by atoms with van der Waals surface area (Å²) in [6, 6.07) is 3.77. The molecule has 5 nitrogen and oxygen atoms in total. The van der Waals surface area contributed by atoms with E-state index in [1.807, 2.05) is 12.1 Å². The van der Waals surface area contributed by atoms with Gasteiger partial charge in [0.15, 0.2) is 5.82 Å². The molecule has 22 heavy (non-hydrogen) atoms. The topological polar surface area (TPSA) is 65.5 Å². The molecule has 1 fully saturated rings. The van der Waals surface area contributed by atoms with Crippen molar-refractivity contribution in [3.05, 3.63) is 30.5 Å². The van der Waals surface area contributed by atoms with Gasteiger partial charge in [-0.25, -0.2) is 4.98 Å². The Morgan fingerprint density at radius 3 is 2.73 bits per heavy atom. The van der Waals surface area contributed by atoms with Gasteiger partial charge in [-0.05, 0) is 43.7 Å². The van der Waals surface area contributed by atoms with E-state index in [-0.39, 0.29) is 18.4 Å². The second-order valence-corrected chi connectivity index (χ2v) is 6.12. The highest BCUT2D eigenvalue weighted by Crippen LogP contribution is 2.29. The first-order valence-corrected chi connectivity index (χ1v) is 8.04. The van der Waals surface area contributed by atoms with Crippen molar-refractivity contribution in [3.8, 4) is 0 Å². The van der Waals surface area contributed by atoms with E-state index in [9.17, 15) is 9.90 Å². The monoisotopic (exact) mass is 301 g/mol. The molecular weight excluding hydrogens is 278 g/mol. The molecule has 2 heterocycles. The van der Waals surface area contributed by atoms with Crippen molar-refractivity contribution < 1.29 is 9.90 Å². The number of aliphatic hydroxyl groups excluding tert-OH is 1. The summed E-state index contributed by atoms with van der Waals surface area (Å²) in [5.74, 6) is 1.36. The first-order valence-electron chi connectivity index (χ1n) is 8.04. The van der Waals surface area contributed by atoms with Gasteiger partial charge in [0.25, 0.3) is 0 Å². The van der Waals surface area contributed by atoms with E-state index in [1.54, 1.807) is 6.20 Å². The molecule has 2 aliphatic rings. The Balaban J connectivity index is 1.68. The molecule has 3 rings (SSSR count). The minimum atomic E-state index is 0.0492. The highest BCUT2D eigenvalue weighted by Gasteiger charge is 2.24. The lowest BCUT2D eigenvalue weighted by molar-refractivity contribution is -0.119. The van der Waals surface area contributed by atoms with Gasteiger partial charge in [0.2, 0.25) is 5.91 Å². The Kier molecular flexibility index (Phi) is 4.73. The maximum Gasteiger partial charge on any atom is 0.228 e. The van der Waals surface area contributed by atoms with Crippen LogP contribution < -0.4 is 10.2 Å². The van der Waals surface area contributed by atoms with Gasteiger partial charge in [-0.3, -0.25) is 4.79 Å². The number of aliphatic hydroxyl groups is 1. The first-order chi connectivity index (χ1) is 10.8. The average Bonchev–Trinajstić information content (AvgIpc) is 3.10. The van der Waals surface area contributed by atoms with Crippen molar-refractivity contribution >= 4 is 17.4 Å². The largest absolute Gasteiger partial charge is 0.396 e. The van der Waals surface area contributed by atoms with Gasteiger partial charge in [0.05, 0.1) is 5.69 Å². The number of aromatic nitrogens is 1. The van der Waals surface area contributed by atoms with Gasteiger partial charge in [0, 0.05) is 31.8 Å². The van der Waals surface area contributed by atoms with E-state index in [0.29, 0.717) is 5.92 Å². The Bertz CT molecular complexity index is 543. The molecule has 118 valence electrons. The van der Waals surface area contributed by atoms with Gasteiger partial charge in [-0.1, -0.05) is 12.2 Å². The number of piperidine rings is 1. The van der Waals surface area contributed by atoms with Crippen LogP contribution in [0.4, 0.5) is 11.5 Å². The van der Waals surface area contributed by atoms with Crippen LogP contribution in [0.5, 0.6) is 0 Å². The fourth-order valence-electron chi connectivity index (χ4n) is 3.14. The number of allylic oxidation sites excluding steroid dienone is 2. The summed E-state index contributed by atoms with van der Waals surface area (Å²) < 4.78 is 0. The molecule has 1 aliphatic heterocycles. The van der Waals surface area contributed by atoms with Crippen molar-refractivity contribution in [2.75, 3.05) is 29.9 Å². The number of carbonyl (C=O) groups is 1. The summed E-state index contributed by atoms with van der Waals surface area (Å²) in [5.41, 5.74) is 0.793. The number of amides is 1. The molecule has 0 bridgehead atoms. The van der Waals surface area contributed by atoms with E-state index < -0.39 is 0 Å². The number of carbonyl (C=O) groups excluding carboxylic acids is 1. The lowest BCUT2D eigenvalue weighted by Gasteiger charge is -2.33. The molecule has 1 aliphatic carbocycles. The number of hydrogen-bond donors (Lipinski definition) is 2. The summed E-state index contributed by atoms with van der Waals surface area (Å²) in [6.45, 7) is 2.00. The third kappa shape index (κ3) is 3.30. The maximum absolute atomic E-state index is 12.3. The Morgan fingerprint density at radius 2 is 2.05 bits per heavy atom. The van der Waals surface area contributed by atoms with Gasteiger partial charge >= 0.3 is 0 Å². The van der Waals surface area contributed by atoms with Crippen LogP contribution in [0, 0.1) is 11.8 Å². The van der Waals surface area contributed by atoms with Crippen LogP contribution in [0.25, 0.3) is 0 Å². The Hall–Kier alpha value is -1.88. The molecule has 5 heteroatoms. The first kappa shape index (κ1) is 15.0. The van der Waals surface area contributed by atoms with E-state index in [2.05, 4.69) is 27.4 Å². The third-order valence-corrected chi connectivity index (χ3v) is 4.60. The van der Waals surface area contributed by atoms with Gasteiger partial charge in [-0.2, -0.15) is 0 Å². The fourth-order valence-corrected chi connectivity index (χ4v) is 3.14. The summed E-state index contributed by atoms with van der Waals surface area (Å²) in [6.07, 6.45) is 9.47. The van der Waals surface area contributed by atoms with Crippen molar-refractivity contribution in [1.82, 2.24) is 4.98 Å². The summed E-state index contributed by atoms with van der Waals surface area (Å²) in [7, 11) is 0. The van der Waals surface area contributed by atoms with Crippen molar-refractivity contribution in [3.63, 3.8) is 0 Å². The second kappa shape index (κ2) is 6.92. The number of rotatable bonds is 4. The van der Waals surface area contributed by atoms with E-state index in [0.717, 1.165) is 50.3 Å². The summed E-state index contributed by atoms with van der Waals surface area (Å²) >= 11 is 0. The molecule has 1 amide bonds. The van der Waals surface area contributed by atoms with Gasteiger partial charge in [-0.15, -0.1) is 0 Å². The molecular formula is C17H23N3O2. The number of nitrogens with one attached hydrogen (secondary N) is 1. The number of nitrogens with zero attached hydrogens (tertiary/aromatic N) is 2. The lowest BCUT2D eigenvalue weighted by atomic mass is 9.98. The van der Waals surface area contributed by atoms with Crippen molar-refractivity contribution in [2.24, 2.45) is 11.8 Å². The van der Waals surface area contributed by atoms with Crippen LogP contribution >= 0.6 is 0 Å². The zero-order chi connectivity index (χ0) is 15.4. The predicted molar refractivity (Wildman–Crippen MR) is 86.8 cm³/mol. The molecule has 0 aromatic carbocycles. The van der Waals surface area contributed by atoms with E-state index in [4.69, 9.17) is 0 Å². The summed E-state index contributed by atoms with van der Waals surface area (Å²) in [5, 5.41) is 12.3. The van der Waals surface area contributed by atoms with Crippen LogP contribution in [0.2, 0.25) is 0 Å². The molecule has 2 N–H and O–H groups in total. The number of anilines is 2. The van der Waals surface area contributed by atoms with Crippen LogP contribution in [-0.4, -0.2) is 35.7 Å². The molecule has 0 atom stereocenters. The van der Waals surface area contributed by atoms with Crippen molar-refractivity contribution in [2.45, 2.75) is 25.7 Å². The highest BCUT2D eigenvalue weighted by molar-refractivity contribution is 5.95.